The Morgan fingerprint density at radius 3 is 2.56 bits per heavy atom. The van der Waals surface area contributed by atoms with Crippen LogP contribution in [0.15, 0.2) is 51.6 Å². The maximum Gasteiger partial charge on any atom is 0.286 e. The van der Waals surface area contributed by atoms with E-state index in [0.717, 1.165) is 5.41 Å². The van der Waals surface area contributed by atoms with Crippen molar-refractivity contribution in [2.45, 2.75) is 38.6 Å². The Labute approximate surface area is 208 Å². The zero-order valence-corrected chi connectivity index (χ0v) is 22.3. The summed E-state index contributed by atoms with van der Waals surface area (Å²) < 4.78 is 54.4. The van der Waals surface area contributed by atoms with Crippen LogP contribution in [-0.4, -0.2) is 31.1 Å². The summed E-state index contributed by atoms with van der Waals surface area (Å²) >= 11 is 1.20. The fourth-order valence-electron chi connectivity index (χ4n) is 3.70. The SMILES string of the molecule is CC(C)(C)CCn1c(=O)c(C2=CS(=O)(=O)c3cc(NS(=O)(=O)I)ccc3N2)c(O)c2cccn21. The molecule has 34 heavy (non-hydrogen) atoms. The number of rotatable bonds is 5. The van der Waals surface area contributed by atoms with Crippen LogP contribution >= 0.6 is 21.2 Å². The van der Waals surface area contributed by atoms with E-state index in [4.69, 9.17) is 0 Å². The second kappa shape index (κ2) is 8.30. The van der Waals surface area contributed by atoms with Gasteiger partial charge in [0.1, 0.15) is 11.1 Å². The number of sulfone groups is 1. The molecule has 0 bridgehead atoms. The maximum absolute atomic E-state index is 13.5. The summed E-state index contributed by atoms with van der Waals surface area (Å²) in [4.78, 5) is 13.3. The number of hydrogen-bond donors (Lipinski definition) is 3. The number of aryl methyl sites for hydroxylation is 1. The Morgan fingerprint density at radius 2 is 1.91 bits per heavy atom. The van der Waals surface area contributed by atoms with Gasteiger partial charge in [-0.3, -0.25) is 14.0 Å². The molecule has 3 N–H and O–H groups in total. The molecular formula is C21H23IN4O6S2. The van der Waals surface area contributed by atoms with Crippen molar-refractivity contribution in [2.24, 2.45) is 5.41 Å². The first-order chi connectivity index (χ1) is 15.7. The topological polar surface area (TPSA) is 139 Å². The Kier molecular flexibility index (Phi) is 6.01. The van der Waals surface area contributed by atoms with E-state index in [1.54, 1.807) is 22.8 Å². The van der Waals surface area contributed by atoms with Gasteiger partial charge >= 0.3 is 0 Å². The molecule has 10 nitrogen and oxygen atoms in total. The molecule has 1 aliphatic heterocycles. The number of hydrogen-bond acceptors (Lipinski definition) is 7. The molecule has 0 radical (unpaired) electrons. The van der Waals surface area contributed by atoms with Crippen LogP contribution in [0, 0.1) is 5.41 Å². The number of benzene rings is 1. The van der Waals surface area contributed by atoms with Gasteiger partial charge in [0.25, 0.3) is 12.8 Å². The summed E-state index contributed by atoms with van der Waals surface area (Å²) in [5.41, 5.74) is -0.226. The van der Waals surface area contributed by atoms with Gasteiger partial charge in [0.15, 0.2) is 5.75 Å². The van der Waals surface area contributed by atoms with Crippen LogP contribution in [0.1, 0.15) is 32.8 Å². The summed E-state index contributed by atoms with van der Waals surface area (Å²) in [6.45, 7) is 6.51. The predicted molar refractivity (Wildman–Crippen MR) is 139 cm³/mol. The highest BCUT2D eigenvalue weighted by Crippen LogP contribution is 2.37. The molecule has 1 aromatic carbocycles. The third-order valence-corrected chi connectivity index (χ3v) is 7.97. The van der Waals surface area contributed by atoms with Crippen LogP contribution in [0.4, 0.5) is 11.4 Å². The minimum absolute atomic E-state index is 0.0568. The number of anilines is 2. The Bertz CT molecular complexity index is 1610. The second-order valence-electron chi connectivity index (χ2n) is 9.15. The number of nitrogens with one attached hydrogen (secondary N) is 2. The van der Waals surface area contributed by atoms with Crippen molar-refractivity contribution in [1.29, 1.82) is 0 Å². The van der Waals surface area contributed by atoms with Crippen molar-refractivity contribution in [3.63, 3.8) is 0 Å². The lowest BCUT2D eigenvalue weighted by molar-refractivity contribution is 0.330. The number of aromatic hydroxyl groups is 1. The highest BCUT2D eigenvalue weighted by molar-refractivity contribution is 14.2. The number of halogens is 1. The Balaban J connectivity index is 1.86. The van der Waals surface area contributed by atoms with E-state index in [0.29, 0.717) is 18.5 Å². The van der Waals surface area contributed by atoms with E-state index in [2.05, 4.69) is 10.0 Å². The fraction of sp³-hybridized carbons (Fsp3) is 0.286. The quantitative estimate of drug-likeness (QED) is 0.294. The van der Waals surface area contributed by atoms with Gasteiger partial charge in [0.2, 0.25) is 9.84 Å². The summed E-state index contributed by atoms with van der Waals surface area (Å²) in [6.07, 6.45) is 2.33. The van der Waals surface area contributed by atoms with E-state index >= 15 is 0 Å². The summed E-state index contributed by atoms with van der Waals surface area (Å²) in [7, 11) is -7.70. The third-order valence-electron chi connectivity index (χ3n) is 5.33. The molecular weight excluding hydrogens is 595 g/mol. The molecule has 4 rings (SSSR count). The first-order valence-electron chi connectivity index (χ1n) is 10.2. The maximum atomic E-state index is 13.5. The average molecular weight is 618 g/mol. The first-order valence-corrected chi connectivity index (χ1v) is 15.8. The van der Waals surface area contributed by atoms with Gasteiger partial charge < -0.3 is 10.4 Å². The van der Waals surface area contributed by atoms with Gasteiger partial charge in [-0.15, -0.1) is 0 Å². The molecule has 2 aromatic heterocycles. The average Bonchev–Trinajstić information content (AvgIpc) is 3.16. The van der Waals surface area contributed by atoms with Gasteiger partial charge in [-0.05, 0) is 42.2 Å². The summed E-state index contributed by atoms with van der Waals surface area (Å²) in [5, 5.41) is 14.7. The van der Waals surface area contributed by atoms with Gasteiger partial charge in [-0.1, -0.05) is 20.8 Å². The fourth-order valence-corrected chi connectivity index (χ4v) is 6.20. The van der Waals surface area contributed by atoms with Crippen LogP contribution in [0.5, 0.6) is 5.75 Å². The lowest BCUT2D eigenvalue weighted by atomic mass is 9.92. The number of fused-ring (bicyclic) bond motifs is 2. The van der Waals surface area contributed by atoms with Gasteiger partial charge in [-0.2, -0.15) is 8.42 Å². The molecule has 13 heteroatoms. The smallest absolute Gasteiger partial charge is 0.286 e. The highest BCUT2D eigenvalue weighted by atomic mass is 127. The largest absolute Gasteiger partial charge is 0.505 e. The minimum Gasteiger partial charge on any atom is -0.505 e. The standard InChI is InChI=1S/C21H23IN4O6S2/c1-21(2,3)8-10-26-20(28)18(19(27)16-5-4-9-25(16)26)15-12-33(29,30)17-11-13(24-34(22,31)32)6-7-14(17)23-15/h4-7,9,11-12,23-24,27H,8,10H2,1-3H3. The van der Waals surface area contributed by atoms with Crippen LogP contribution < -0.4 is 15.6 Å². The zero-order valence-electron chi connectivity index (χ0n) is 18.5. The molecule has 1 aliphatic rings. The van der Waals surface area contributed by atoms with Gasteiger partial charge in [0, 0.05) is 12.7 Å². The van der Waals surface area contributed by atoms with Crippen molar-refractivity contribution in [3.8, 4) is 5.75 Å². The number of aromatic nitrogens is 2. The normalized spacial score (nSPS) is 15.5. The Hall–Kier alpha value is -2.52. The zero-order chi connectivity index (χ0) is 25.1. The van der Waals surface area contributed by atoms with Crippen LogP contribution in [0.3, 0.4) is 0 Å². The second-order valence-corrected chi connectivity index (χ2v) is 15.5. The predicted octanol–water partition coefficient (Wildman–Crippen LogP) is 3.53. The van der Waals surface area contributed by atoms with Crippen molar-refractivity contribution >= 4 is 60.8 Å². The molecule has 0 aliphatic carbocycles. The van der Waals surface area contributed by atoms with Crippen LogP contribution in [0.25, 0.3) is 11.2 Å². The minimum atomic E-state index is -4.07. The molecule has 0 amide bonds. The molecule has 0 atom stereocenters. The highest BCUT2D eigenvalue weighted by Gasteiger charge is 2.29. The van der Waals surface area contributed by atoms with E-state index < -0.39 is 22.6 Å². The van der Waals surface area contributed by atoms with Crippen molar-refractivity contribution in [3.05, 3.63) is 57.9 Å². The summed E-state index contributed by atoms with van der Waals surface area (Å²) in [5.74, 6) is -0.339. The number of nitrogens with zero attached hydrogens (tertiary/aromatic N) is 2. The van der Waals surface area contributed by atoms with Gasteiger partial charge in [0.05, 0.1) is 48.6 Å². The first kappa shape index (κ1) is 24.6. The Morgan fingerprint density at radius 1 is 1.21 bits per heavy atom. The molecule has 0 saturated heterocycles. The molecule has 182 valence electrons. The van der Waals surface area contributed by atoms with E-state index in [1.807, 2.05) is 20.8 Å². The molecule has 0 saturated carbocycles. The van der Waals surface area contributed by atoms with Gasteiger partial charge in [-0.25, -0.2) is 13.1 Å². The lowest BCUT2D eigenvalue weighted by Gasteiger charge is -2.23. The molecule has 3 aromatic rings. The lowest BCUT2D eigenvalue weighted by Crippen LogP contribution is -2.31. The molecule has 0 spiro atoms. The molecule has 3 heterocycles. The van der Waals surface area contributed by atoms with Crippen molar-refractivity contribution < 1.29 is 21.9 Å². The third kappa shape index (κ3) is 4.81. The monoisotopic (exact) mass is 618 g/mol. The van der Waals surface area contributed by atoms with Crippen LogP contribution in [0.2, 0.25) is 0 Å². The van der Waals surface area contributed by atoms with E-state index in [1.165, 1.54) is 44.1 Å². The van der Waals surface area contributed by atoms with Crippen LogP contribution in [-0.2, 0) is 23.6 Å². The van der Waals surface area contributed by atoms with E-state index in [9.17, 15) is 26.7 Å². The van der Waals surface area contributed by atoms with E-state index in [-0.39, 0.29) is 38.7 Å². The van der Waals surface area contributed by atoms with Crippen molar-refractivity contribution in [1.82, 2.24) is 9.20 Å². The summed E-state index contributed by atoms with van der Waals surface area (Å²) in [6, 6.07) is 7.32. The molecule has 0 fully saturated rings. The van der Waals surface area contributed by atoms with Crippen molar-refractivity contribution in [2.75, 3.05) is 10.0 Å². The molecule has 0 unspecified atom stereocenters.